The summed E-state index contributed by atoms with van der Waals surface area (Å²) >= 11 is 0. The maximum absolute atomic E-state index is 11.9. The molecule has 0 heterocycles. The van der Waals surface area contributed by atoms with E-state index in [2.05, 4.69) is 0 Å². The highest BCUT2D eigenvalue weighted by Crippen LogP contribution is 2.26. The van der Waals surface area contributed by atoms with Crippen molar-refractivity contribution in [2.24, 2.45) is 5.92 Å². The Kier molecular flexibility index (Phi) is 3.46. The minimum absolute atomic E-state index is 0.0185. The van der Waals surface area contributed by atoms with Crippen LogP contribution in [0.2, 0.25) is 0 Å². The summed E-state index contributed by atoms with van der Waals surface area (Å²) in [6.45, 7) is 0.560. The van der Waals surface area contributed by atoms with Gasteiger partial charge in [-0.1, -0.05) is 6.42 Å². The van der Waals surface area contributed by atoms with Gasteiger partial charge in [0.05, 0.1) is 6.61 Å². The van der Waals surface area contributed by atoms with E-state index in [9.17, 15) is 12.3 Å². The Labute approximate surface area is 72.1 Å². The average molecular weight is 196 g/mol. The van der Waals surface area contributed by atoms with E-state index in [1.165, 1.54) is 6.42 Å². The van der Waals surface area contributed by atoms with Crippen LogP contribution in [0.4, 0.5) is 3.89 Å². The number of halogens is 1. The summed E-state index contributed by atoms with van der Waals surface area (Å²) in [4.78, 5) is 0. The highest BCUT2D eigenvalue weighted by molar-refractivity contribution is 7.86. The van der Waals surface area contributed by atoms with E-state index in [1.54, 1.807) is 0 Å². The molecule has 0 N–H and O–H groups in total. The molecule has 0 amide bonds. The standard InChI is InChI=1S/C7H13FO3S/c8-12(9,10)5-4-11-6-7-2-1-3-7/h7H,1-6H2. The molecule has 72 valence electrons. The molecule has 0 aliphatic heterocycles. The molecule has 5 heteroatoms. The lowest BCUT2D eigenvalue weighted by atomic mass is 9.86. The van der Waals surface area contributed by atoms with Crippen molar-refractivity contribution >= 4 is 10.2 Å². The fourth-order valence-corrected chi connectivity index (χ4v) is 1.38. The second-order valence-corrected chi connectivity index (χ2v) is 4.60. The van der Waals surface area contributed by atoms with Crippen LogP contribution in [0.1, 0.15) is 19.3 Å². The molecule has 0 aromatic rings. The van der Waals surface area contributed by atoms with Crippen LogP contribution in [0.15, 0.2) is 0 Å². The summed E-state index contributed by atoms with van der Waals surface area (Å²) in [5.74, 6) is 0.0621. The number of hydrogen-bond acceptors (Lipinski definition) is 3. The van der Waals surface area contributed by atoms with Crippen LogP contribution in [0.3, 0.4) is 0 Å². The Balaban J connectivity index is 1.95. The number of ether oxygens (including phenoxy) is 1. The predicted molar refractivity (Wildman–Crippen MR) is 43.1 cm³/mol. The van der Waals surface area contributed by atoms with Crippen molar-refractivity contribution in [2.45, 2.75) is 19.3 Å². The first-order valence-corrected chi connectivity index (χ1v) is 5.63. The van der Waals surface area contributed by atoms with E-state index in [1.807, 2.05) is 0 Å². The highest BCUT2D eigenvalue weighted by Gasteiger charge is 2.17. The van der Waals surface area contributed by atoms with Gasteiger partial charge in [0, 0.05) is 6.61 Å². The average Bonchev–Trinajstić information content (AvgIpc) is 1.80. The van der Waals surface area contributed by atoms with Crippen LogP contribution in [-0.2, 0) is 15.0 Å². The highest BCUT2D eigenvalue weighted by atomic mass is 32.3. The van der Waals surface area contributed by atoms with Crippen molar-refractivity contribution in [3.05, 3.63) is 0 Å². The van der Waals surface area contributed by atoms with E-state index < -0.39 is 16.0 Å². The third kappa shape index (κ3) is 4.01. The first-order chi connectivity index (χ1) is 5.58. The summed E-state index contributed by atoms with van der Waals surface area (Å²) < 4.78 is 36.9. The molecule has 0 aromatic carbocycles. The van der Waals surface area contributed by atoms with E-state index in [0.29, 0.717) is 12.5 Å². The normalized spacial score (nSPS) is 19.1. The quantitative estimate of drug-likeness (QED) is 0.488. The molecule has 1 fully saturated rings. The van der Waals surface area contributed by atoms with Crippen molar-refractivity contribution in [1.82, 2.24) is 0 Å². The van der Waals surface area contributed by atoms with Crippen molar-refractivity contribution in [2.75, 3.05) is 19.0 Å². The van der Waals surface area contributed by atoms with Gasteiger partial charge in [-0.15, -0.1) is 3.89 Å². The van der Waals surface area contributed by atoms with Gasteiger partial charge in [-0.05, 0) is 18.8 Å². The van der Waals surface area contributed by atoms with Crippen LogP contribution >= 0.6 is 0 Å². The fraction of sp³-hybridized carbons (Fsp3) is 1.00. The molecule has 0 atom stereocenters. The van der Waals surface area contributed by atoms with Gasteiger partial charge < -0.3 is 4.74 Å². The van der Waals surface area contributed by atoms with Crippen molar-refractivity contribution in [3.63, 3.8) is 0 Å². The van der Waals surface area contributed by atoms with Gasteiger partial charge in [0.2, 0.25) is 0 Å². The first-order valence-electron chi connectivity index (χ1n) is 4.08. The van der Waals surface area contributed by atoms with E-state index >= 15 is 0 Å². The van der Waals surface area contributed by atoms with Gasteiger partial charge in [0.25, 0.3) is 0 Å². The van der Waals surface area contributed by atoms with Gasteiger partial charge in [0.15, 0.2) is 0 Å². The zero-order valence-electron chi connectivity index (χ0n) is 6.83. The molecule has 0 spiro atoms. The van der Waals surface area contributed by atoms with Crippen molar-refractivity contribution in [1.29, 1.82) is 0 Å². The molecule has 12 heavy (non-hydrogen) atoms. The maximum Gasteiger partial charge on any atom is 0.304 e. The Morgan fingerprint density at radius 2 is 2.08 bits per heavy atom. The third-order valence-electron chi connectivity index (χ3n) is 2.05. The molecule has 1 aliphatic carbocycles. The molecule has 1 rings (SSSR count). The monoisotopic (exact) mass is 196 g/mol. The zero-order valence-corrected chi connectivity index (χ0v) is 7.65. The van der Waals surface area contributed by atoms with Crippen LogP contribution < -0.4 is 0 Å². The molecular formula is C7H13FO3S. The third-order valence-corrected chi connectivity index (χ3v) is 2.70. The summed E-state index contributed by atoms with van der Waals surface area (Å²) in [6.07, 6.45) is 3.54. The Morgan fingerprint density at radius 3 is 2.50 bits per heavy atom. The molecule has 0 saturated heterocycles. The maximum atomic E-state index is 11.9. The number of hydrogen-bond donors (Lipinski definition) is 0. The van der Waals surface area contributed by atoms with E-state index in [-0.39, 0.29) is 6.61 Å². The van der Waals surface area contributed by atoms with Crippen molar-refractivity contribution < 1.29 is 17.0 Å². The van der Waals surface area contributed by atoms with E-state index in [4.69, 9.17) is 4.74 Å². The van der Waals surface area contributed by atoms with Crippen LogP contribution in [0, 0.1) is 5.92 Å². The minimum atomic E-state index is -4.34. The Morgan fingerprint density at radius 1 is 1.42 bits per heavy atom. The second-order valence-electron chi connectivity index (χ2n) is 3.11. The predicted octanol–water partition coefficient (Wildman–Crippen LogP) is 1.10. The van der Waals surface area contributed by atoms with E-state index in [0.717, 1.165) is 12.8 Å². The summed E-state index contributed by atoms with van der Waals surface area (Å²) in [5.41, 5.74) is 0. The molecular weight excluding hydrogens is 183 g/mol. The van der Waals surface area contributed by atoms with Gasteiger partial charge in [-0.3, -0.25) is 0 Å². The van der Waals surface area contributed by atoms with Gasteiger partial charge in [0.1, 0.15) is 5.75 Å². The summed E-state index contributed by atoms with van der Waals surface area (Å²) in [5, 5.41) is 0. The van der Waals surface area contributed by atoms with Gasteiger partial charge in [-0.2, -0.15) is 8.42 Å². The van der Waals surface area contributed by atoms with Gasteiger partial charge >= 0.3 is 10.2 Å². The molecule has 1 saturated carbocycles. The largest absolute Gasteiger partial charge is 0.380 e. The summed E-state index contributed by atoms with van der Waals surface area (Å²) in [6, 6.07) is 0. The second kappa shape index (κ2) is 4.18. The van der Waals surface area contributed by atoms with Crippen LogP contribution in [0.5, 0.6) is 0 Å². The SMILES string of the molecule is O=S(=O)(F)CCOCC1CCC1. The summed E-state index contributed by atoms with van der Waals surface area (Å²) in [7, 11) is -4.34. The smallest absolute Gasteiger partial charge is 0.304 e. The zero-order chi connectivity index (χ0) is 9.03. The molecule has 0 bridgehead atoms. The Hall–Kier alpha value is -0.160. The molecule has 3 nitrogen and oxygen atoms in total. The fourth-order valence-electron chi connectivity index (χ4n) is 1.07. The molecule has 0 unspecified atom stereocenters. The van der Waals surface area contributed by atoms with Crippen molar-refractivity contribution in [3.8, 4) is 0 Å². The Bertz CT molecular complexity index is 221. The molecule has 0 radical (unpaired) electrons. The van der Waals surface area contributed by atoms with Crippen LogP contribution in [0.25, 0.3) is 0 Å². The lowest BCUT2D eigenvalue weighted by Crippen LogP contribution is -2.19. The lowest BCUT2D eigenvalue weighted by molar-refractivity contribution is 0.0796. The van der Waals surface area contributed by atoms with Gasteiger partial charge in [-0.25, -0.2) is 0 Å². The molecule has 0 aromatic heterocycles. The minimum Gasteiger partial charge on any atom is -0.380 e. The lowest BCUT2D eigenvalue weighted by Gasteiger charge is -2.24. The van der Waals surface area contributed by atoms with Crippen LogP contribution in [-0.4, -0.2) is 27.4 Å². The topological polar surface area (TPSA) is 43.4 Å². The molecule has 1 aliphatic rings. The number of rotatable bonds is 5. The first kappa shape index (κ1) is 9.92.